The number of carbonyl (C=O) groups excluding carboxylic acids is 1. The number of hydrogen-bond donors (Lipinski definition) is 1. The standard InChI is InChI=1S/C19H23FN4O2/c1-14(25)18-13-24(22-21-18)12-15-8-10-23(11-9-15)19(26)7-6-16-4-2-3-5-17(16)20/h2-7,13-15,25H,8-12H2,1H3/b7-6+/t14-/m1/s1. The van der Waals surface area contributed by atoms with Gasteiger partial charge < -0.3 is 10.0 Å². The van der Waals surface area contributed by atoms with Crippen LogP contribution in [0.1, 0.15) is 37.1 Å². The minimum absolute atomic E-state index is 0.0937. The summed E-state index contributed by atoms with van der Waals surface area (Å²) in [4.78, 5) is 14.1. The van der Waals surface area contributed by atoms with E-state index in [2.05, 4.69) is 10.3 Å². The fourth-order valence-corrected chi connectivity index (χ4v) is 3.07. The highest BCUT2D eigenvalue weighted by molar-refractivity contribution is 5.91. The first-order valence-corrected chi connectivity index (χ1v) is 8.82. The molecule has 3 rings (SSSR count). The van der Waals surface area contributed by atoms with Gasteiger partial charge in [-0.3, -0.25) is 9.48 Å². The number of nitrogens with zero attached hydrogens (tertiary/aromatic N) is 4. The zero-order chi connectivity index (χ0) is 18.5. The molecule has 2 heterocycles. The molecule has 0 spiro atoms. The van der Waals surface area contributed by atoms with Crippen molar-refractivity contribution in [1.82, 2.24) is 19.9 Å². The average molecular weight is 358 g/mol. The highest BCUT2D eigenvalue weighted by Crippen LogP contribution is 2.20. The Bertz CT molecular complexity index is 779. The summed E-state index contributed by atoms with van der Waals surface area (Å²) in [5.41, 5.74) is 0.978. The second-order valence-electron chi connectivity index (χ2n) is 6.66. The number of carbonyl (C=O) groups is 1. The molecule has 0 bridgehead atoms. The van der Waals surface area contributed by atoms with E-state index in [0.29, 0.717) is 30.3 Å². The molecule has 1 saturated heterocycles. The summed E-state index contributed by atoms with van der Waals surface area (Å²) in [6.45, 7) is 3.73. The SMILES string of the molecule is C[C@@H](O)c1cn(CC2CCN(C(=O)/C=C/c3ccccc3F)CC2)nn1. The van der Waals surface area contributed by atoms with E-state index in [-0.39, 0.29) is 11.7 Å². The fraction of sp³-hybridized carbons (Fsp3) is 0.421. The Kier molecular flexibility index (Phi) is 5.78. The summed E-state index contributed by atoms with van der Waals surface area (Å²) in [6.07, 6.45) is 5.86. The van der Waals surface area contributed by atoms with Crippen molar-refractivity contribution in [3.05, 3.63) is 53.6 Å². The van der Waals surface area contributed by atoms with Gasteiger partial charge in [-0.05, 0) is 37.8 Å². The van der Waals surface area contributed by atoms with Gasteiger partial charge >= 0.3 is 0 Å². The highest BCUT2D eigenvalue weighted by atomic mass is 19.1. The molecule has 2 aromatic rings. The lowest BCUT2D eigenvalue weighted by molar-refractivity contribution is -0.127. The molecular formula is C19H23FN4O2. The van der Waals surface area contributed by atoms with E-state index in [1.165, 1.54) is 18.2 Å². The van der Waals surface area contributed by atoms with Gasteiger partial charge in [0, 0.05) is 31.3 Å². The van der Waals surface area contributed by atoms with E-state index in [1.807, 2.05) is 0 Å². The smallest absolute Gasteiger partial charge is 0.246 e. The Morgan fingerprint density at radius 1 is 1.38 bits per heavy atom. The molecule has 7 heteroatoms. The van der Waals surface area contributed by atoms with Gasteiger partial charge in [-0.25, -0.2) is 4.39 Å². The predicted octanol–water partition coefficient (Wildman–Crippen LogP) is 2.42. The Morgan fingerprint density at radius 2 is 2.12 bits per heavy atom. The maximum Gasteiger partial charge on any atom is 0.246 e. The third-order valence-electron chi connectivity index (χ3n) is 4.67. The van der Waals surface area contributed by atoms with Gasteiger partial charge in [0.15, 0.2) is 0 Å². The number of halogens is 1. The van der Waals surface area contributed by atoms with Crippen LogP contribution in [0.2, 0.25) is 0 Å². The van der Waals surface area contributed by atoms with Crippen molar-refractivity contribution in [2.24, 2.45) is 5.92 Å². The van der Waals surface area contributed by atoms with E-state index in [0.717, 1.165) is 19.4 Å². The molecular weight excluding hydrogens is 335 g/mol. The van der Waals surface area contributed by atoms with E-state index < -0.39 is 6.10 Å². The fourth-order valence-electron chi connectivity index (χ4n) is 3.07. The van der Waals surface area contributed by atoms with Crippen molar-refractivity contribution in [1.29, 1.82) is 0 Å². The second-order valence-corrected chi connectivity index (χ2v) is 6.66. The predicted molar refractivity (Wildman–Crippen MR) is 95.4 cm³/mol. The number of rotatable bonds is 5. The number of aromatic nitrogens is 3. The van der Waals surface area contributed by atoms with Crippen LogP contribution in [0.4, 0.5) is 4.39 Å². The molecule has 0 aliphatic carbocycles. The summed E-state index contributed by atoms with van der Waals surface area (Å²) >= 11 is 0. The highest BCUT2D eigenvalue weighted by Gasteiger charge is 2.22. The van der Waals surface area contributed by atoms with Gasteiger partial charge in [0.05, 0.1) is 12.3 Å². The van der Waals surface area contributed by atoms with Crippen LogP contribution < -0.4 is 0 Å². The molecule has 1 aliphatic rings. The molecule has 26 heavy (non-hydrogen) atoms. The largest absolute Gasteiger partial charge is 0.387 e. The minimum atomic E-state index is -0.621. The van der Waals surface area contributed by atoms with Crippen molar-refractivity contribution in [3.63, 3.8) is 0 Å². The van der Waals surface area contributed by atoms with E-state index in [1.54, 1.807) is 40.9 Å². The van der Waals surface area contributed by atoms with E-state index >= 15 is 0 Å². The summed E-state index contributed by atoms with van der Waals surface area (Å²) in [5.74, 6) is -0.0124. The Hall–Kier alpha value is -2.54. The third kappa shape index (κ3) is 4.54. The van der Waals surface area contributed by atoms with Crippen molar-refractivity contribution in [2.45, 2.75) is 32.4 Å². The number of aliphatic hydroxyl groups is 1. The Morgan fingerprint density at radius 3 is 2.77 bits per heavy atom. The maximum absolute atomic E-state index is 13.6. The number of likely N-dealkylation sites (tertiary alicyclic amines) is 1. The second kappa shape index (κ2) is 8.23. The normalized spacial score (nSPS) is 17.0. The number of aliphatic hydroxyl groups excluding tert-OH is 1. The van der Waals surface area contributed by atoms with E-state index in [4.69, 9.17) is 0 Å². The number of piperidine rings is 1. The van der Waals surface area contributed by atoms with Crippen molar-refractivity contribution < 1.29 is 14.3 Å². The van der Waals surface area contributed by atoms with Crippen LogP contribution in [0.15, 0.2) is 36.5 Å². The molecule has 138 valence electrons. The summed E-state index contributed by atoms with van der Waals surface area (Å²) in [6, 6.07) is 6.39. The van der Waals surface area contributed by atoms with E-state index in [9.17, 15) is 14.3 Å². The molecule has 1 N–H and O–H groups in total. The lowest BCUT2D eigenvalue weighted by Gasteiger charge is -2.31. The van der Waals surface area contributed by atoms with Crippen LogP contribution in [-0.2, 0) is 11.3 Å². The molecule has 1 aromatic heterocycles. The van der Waals surface area contributed by atoms with Crippen molar-refractivity contribution >= 4 is 12.0 Å². The van der Waals surface area contributed by atoms with Crippen LogP contribution >= 0.6 is 0 Å². The van der Waals surface area contributed by atoms with Gasteiger partial charge in [0.2, 0.25) is 5.91 Å². The van der Waals surface area contributed by atoms with Gasteiger partial charge in [-0.15, -0.1) is 5.10 Å². The van der Waals surface area contributed by atoms with Crippen LogP contribution in [0.3, 0.4) is 0 Å². The van der Waals surface area contributed by atoms with Crippen molar-refractivity contribution in [2.75, 3.05) is 13.1 Å². The number of benzene rings is 1. The summed E-state index contributed by atoms with van der Waals surface area (Å²) in [7, 11) is 0. The maximum atomic E-state index is 13.6. The Balaban J connectivity index is 1.50. The zero-order valence-electron chi connectivity index (χ0n) is 14.8. The van der Waals surface area contributed by atoms with Crippen LogP contribution in [0.25, 0.3) is 6.08 Å². The quantitative estimate of drug-likeness (QED) is 0.834. The van der Waals surface area contributed by atoms with Crippen LogP contribution in [0.5, 0.6) is 0 Å². The molecule has 6 nitrogen and oxygen atoms in total. The van der Waals surface area contributed by atoms with Gasteiger partial charge in [0.1, 0.15) is 11.5 Å². The first-order chi connectivity index (χ1) is 12.5. The first-order valence-electron chi connectivity index (χ1n) is 8.82. The first kappa shape index (κ1) is 18.3. The van der Waals surface area contributed by atoms with Gasteiger partial charge in [-0.1, -0.05) is 23.4 Å². The lowest BCUT2D eigenvalue weighted by atomic mass is 9.97. The lowest BCUT2D eigenvalue weighted by Crippen LogP contribution is -2.38. The molecule has 1 fully saturated rings. The van der Waals surface area contributed by atoms with Crippen LogP contribution in [0, 0.1) is 11.7 Å². The molecule has 0 radical (unpaired) electrons. The van der Waals surface area contributed by atoms with Crippen LogP contribution in [-0.4, -0.2) is 44.0 Å². The topological polar surface area (TPSA) is 71.2 Å². The summed E-state index contributed by atoms with van der Waals surface area (Å²) in [5, 5.41) is 17.5. The average Bonchev–Trinajstić information content (AvgIpc) is 3.10. The molecule has 1 amide bonds. The Labute approximate surface area is 151 Å². The molecule has 0 saturated carbocycles. The molecule has 0 unspecified atom stereocenters. The monoisotopic (exact) mass is 358 g/mol. The minimum Gasteiger partial charge on any atom is -0.387 e. The number of amides is 1. The van der Waals surface area contributed by atoms with Crippen molar-refractivity contribution in [3.8, 4) is 0 Å². The number of hydrogen-bond acceptors (Lipinski definition) is 4. The third-order valence-corrected chi connectivity index (χ3v) is 4.67. The molecule has 1 aliphatic heterocycles. The molecule has 1 aromatic carbocycles. The van der Waals surface area contributed by atoms with Gasteiger partial charge in [0.25, 0.3) is 0 Å². The molecule has 1 atom stereocenters. The summed E-state index contributed by atoms with van der Waals surface area (Å²) < 4.78 is 15.3. The van der Waals surface area contributed by atoms with Gasteiger partial charge in [-0.2, -0.15) is 0 Å². The zero-order valence-corrected chi connectivity index (χ0v) is 14.8.